The van der Waals surface area contributed by atoms with E-state index >= 15 is 0 Å². The van der Waals surface area contributed by atoms with Crippen molar-refractivity contribution >= 4 is 70.2 Å². The lowest BCUT2D eigenvalue weighted by atomic mass is 9.95. The molecule has 0 unspecified atom stereocenters. The van der Waals surface area contributed by atoms with Crippen LogP contribution in [-0.2, 0) is 0 Å². The van der Waals surface area contributed by atoms with Crippen molar-refractivity contribution in [3.05, 3.63) is 170 Å². The van der Waals surface area contributed by atoms with E-state index in [1.807, 2.05) is 11.3 Å². The van der Waals surface area contributed by atoms with Crippen molar-refractivity contribution in [1.82, 2.24) is 4.98 Å². The maximum atomic E-state index is 5.32. The van der Waals surface area contributed by atoms with E-state index in [0.717, 1.165) is 39.2 Å². The fourth-order valence-corrected chi connectivity index (χ4v) is 7.95. The number of thiophene rings is 1. The first kappa shape index (κ1) is 26.6. The van der Waals surface area contributed by atoms with Crippen LogP contribution in [0.3, 0.4) is 0 Å². The van der Waals surface area contributed by atoms with Gasteiger partial charge in [0.05, 0.1) is 21.6 Å². The Bertz CT molecular complexity index is 2500. The van der Waals surface area contributed by atoms with Crippen molar-refractivity contribution in [3.63, 3.8) is 0 Å². The summed E-state index contributed by atoms with van der Waals surface area (Å²) in [6, 6.07) is 60.6. The highest BCUT2D eigenvalue weighted by molar-refractivity contribution is 7.26. The van der Waals surface area contributed by atoms with Crippen LogP contribution in [-0.4, -0.2) is 4.98 Å². The summed E-state index contributed by atoms with van der Waals surface area (Å²) in [5, 5.41) is 6.14. The van der Waals surface area contributed by atoms with Crippen LogP contribution in [0.15, 0.2) is 170 Å². The number of pyridine rings is 1. The van der Waals surface area contributed by atoms with Gasteiger partial charge in [-0.2, -0.15) is 0 Å². The molecule has 0 aliphatic carbocycles. The molecule has 7 aromatic carbocycles. The summed E-state index contributed by atoms with van der Waals surface area (Å²) < 4.78 is 2.54. The van der Waals surface area contributed by atoms with Crippen molar-refractivity contribution in [2.24, 2.45) is 0 Å². The van der Waals surface area contributed by atoms with E-state index < -0.39 is 0 Å². The van der Waals surface area contributed by atoms with Crippen LogP contribution >= 0.6 is 11.3 Å². The van der Waals surface area contributed by atoms with Gasteiger partial charge in [-0.05, 0) is 53.6 Å². The summed E-state index contributed by atoms with van der Waals surface area (Å²) in [5.41, 5.74) is 8.91. The molecule has 46 heavy (non-hydrogen) atoms. The average Bonchev–Trinajstić information content (AvgIpc) is 3.53. The van der Waals surface area contributed by atoms with Gasteiger partial charge in [-0.1, -0.05) is 127 Å². The van der Waals surface area contributed by atoms with Crippen molar-refractivity contribution in [3.8, 4) is 22.4 Å². The van der Waals surface area contributed by atoms with Crippen LogP contribution < -0.4 is 4.90 Å². The lowest BCUT2D eigenvalue weighted by molar-refractivity contribution is 1.30. The Morgan fingerprint density at radius 3 is 1.74 bits per heavy atom. The molecule has 2 heterocycles. The number of nitrogens with zero attached hydrogens (tertiary/aromatic N) is 2. The van der Waals surface area contributed by atoms with E-state index in [1.165, 1.54) is 42.1 Å². The summed E-state index contributed by atoms with van der Waals surface area (Å²) in [6.07, 6.45) is 0. The molecule has 0 bridgehead atoms. The second kappa shape index (κ2) is 11.0. The Morgan fingerprint density at radius 2 is 1.00 bits per heavy atom. The number of anilines is 3. The van der Waals surface area contributed by atoms with E-state index in [0.29, 0.717) is 0 Å². The highest BCUT2D eigenvalue weighted by Crippen LogP contribution is 2.50. The minimum absolute atomic E-state index is 1.00. The van der Waals surface area contributed by atoms with E-state index in [4.69, 9.17) is 4.98 Å². The fourth-order valence-electron chi connectivity index (χ4n) is 6.73. The topological polar surface area (TPSA) is 16.1 Å². The molecule has 0 N–H and O–H groups in total. The van der Waals surface area contributed by atoms with Crippen LogP contribution in [0, 0.1) is 0 Å². The summed E-state index contributed by atoms with van der Waals surface area (Å²) in [4.78, 5) is 7.73. The van der Waals surface area contributed by atoms with Gasteiger partial charge in [0.1, 0.15) is 0 Å². The van der Waals surface area contributed by atoms with Crippen molar-refractivity contribution in [1.29, 1.82) is 0 Å². The van der Waals surface area contributed by atoms with Gasteiger partial charge in [-0.3, -0.25) is 0 Å². The van der Waals surface area contributed by atoms with Crippen molar-refractivity contribution in [2.75, 3.05) is 4.90 Å². The number of hydrogen-bond acceptors (Lipinski definition) is 3. The van der Waals surface area contributed by atoms with Gasteiger partial charge < -0.3 is 4.90 Å². The standard InChI is InChI=1S/C43H28N2S/c1-4-14-29(15-5-1)30-24-26-33(27-25-30)45(32-18-8-3-9-19-32)38-28-36-40(41-35-21-11-13-23-39(35)46-43(38)41)34-20-10-12-22-37(34)44-42(36)31-16-6-2-7-17-31/h1-28H. The van der Waals surface area contributed by atoms with Gasteiger partial charge in [0.15, 0.2) is 0 Å². The molecule has 0 saturated heterocycles. The third-order valence-electron chi connectivity index (χ3n) is 8.82. The molecule has 0 radical (unpaired) electrons. The minimum atomic E-state index is 1.00. The van der Waals surface area contributed by atoms with Crippen LogP contribution in [0.4, 0.5) is 17.1 Å². The zero-order chi connectivity index (χ0) is 30.5. The minimum Gasteiger partial charge on any atom is -0.309 e. The molecule has 2 aromatic heterocycles. The first-order valence-electron chi connectivity index (χ1n) is 15.6. The molecular formula is C43H28N2S. The zero-order valence-electron chi connectivity index (χ0n) is 25.0. The Labute approximate surface area is 271 Å². The van der Waals surface area contributed by atoms with Crippen LogP contribution in [0.1, 0.15) is 0 Å². The molecule has 0 aliphatic rings. The molecule has 0 amide bonds. The summed E-state index contributed by atoms with van der Waals surface area (Å²) in [5.74, 6) is 0. The monoisotopic (exact) mass is 604 g/mol. The lowest BCUT2D eigenvalue weighted by Crippen LogP contribution is -2.10. The predicted molar refractivity (Wildman–Crippen MR) is 198 cm³/mol. The largest absolute Gasteiger partial charge is 0.309 e. The van der Waals surface area contributed by atoms with E-state index in [1.54, 1.807) is 0 Å². The highest BCUT2D eigenvalue weighted by atomic mass is 32.1. The highest BCUT2D eigenvalue weighted by Gasteiger charge is 2.23. The maximum absolute atomic E-state index is 5.32. The average molecular weight is 605 g/mol. The second-order valence-corrected chi connectivity index (χ2v) is 12.6. The molecule has 2 nitrogen and oxygen atoms in total. The molecule has 216 valence electrons. The quantitative estimate of drug-likeness (QED) is 0.182. The number of benzene rings is 7. The van der Waals surface area contributed by atoms with Crippen LogP contribution in [0.25, 0.3) is 64.2 Å². The van der Waals surface area contributed by atoms with E-state index in [-0.39, 0.29) is 0 Å². The summed E-state index contributed by atoms with van der Waals surface area (Å²) in [6.45, 7) is 0. The fraction of sp³-hybridized carbons (Fsp3) is 0. The van der Waals surface area contributed by atoms with Gasteiger partial charge in [0, 0.05) is 48.6 Å². The molecule has 0 spiro atoms. The molecule has 3 heteroatoms. The number of fused-ring (bicyclic) bond motifs is 7. The molecule has 9 rings (SSSR count). The molecule has 0 fully saturated rings. The van der Waals surface area contributed by atoms with Crippen molar-refractivity contribution < 1.29 is 0 Å². The number of rotatable bonds is 5. The van der Waals surface area contributed by atoms with E-state index in [2.05, 4.69) is 175 Å². The van der Waals surface area contributed by atoms with Crippen molar-refractivity contribution in [2.45, 2.75) is 0 Å². The Hall–Kier alpha value is -5.77. The molecule has 0 aliphatic heterocycles. The lowest BCUT2D eigenvalue weighted by Gasteiger charge is -2.27. The van der Waals surface area contributed by atoms with Gasteiger partial charge in [0.25, 0.3) is 0 Å². The number of hydrogen-bond donors (Lipinski definition) is 0. The predicted octanol–water partition coefficient (Wildman–Crippen LogP) is 12.6. The molecule has 0 saturated carbocycles. The summed E-state index contributed by atoms with van der Waals surface area (Å²) >= 11 is 1.87. The van der Waals surface area contributed by atoms with Gasteiger partial charge in [0.2, 0.25) is 0 Å². The van der Waals surface area contributed by atoms with Crippen LogP contribution in [0.2, 0.25) is 0 Å². The molecular weight excluding hydrogens is 577 g/mol. The smallest absolute Gasteiger partial charge is 0.0789 e. The first-order chi connectivity index (χ1) is 22.8. The van der Waals surface area contributed by atoms with Crippen LogP contribution in [0.5, 0.6) is 0 Å². The first-order valence-corrected chi connectivity index (χ1v) is 16.4. The van der Waals surface area contributed by atoms with E-state index in [9.17, 15) is 0 Å². The molecule has 9 aromatic rings. The summed E-state index contributed by atoms with van der Waals surface area (Å²) in [7, 11) is 0. The third-order valence-corrected chi connectivity index (χ3v) is 10.0. The SMILES string of the molecule is c1ccc(-c2ccc(N(c3ccccc3)c3cc4c(-c5ccccc5)nc5ccccc5c4c4c3sc3ccccc34)cc2)cc1. The number of para-hydroxylation sites is 2. The second-order valence-electron chi connectivity index (χ2n) is 11.5. The normalized spacial score (nSPS) is 11.5. The van der Waals surface area contributed by atoms with Gasteiger partial charge in [-0.15, -0.1) is 11.3 Å². The Kier molecular flexibility index (Phi) is 6.36. The third kappa shape index (κ3) is 4.36. The molecule has 0 atom stereocenters. The van der Waals surface area contributed by atoms with Gasteiger partial charge in [-0.25, -0.2) is 4.98 Å². The number of aromatic nitrogens is 1. The maximum Gasteiger partial charge on any atom is 0.0789 e. The zero-order valence-corrected chi connectivity index (χ0v) is 25.8. The Balaban J connectivity index is 1.41. The van der Waals surface area contributed by atoms with Gasteiger partial charge >= 0.3 is 0 Å². The Morgan fingerprint density at radius 1 is 0.435 bits per heavy atom.